The van der Waals surface area contributed by atoms with Gasteiger partial charge in [0.1, 0.15) is 0 Å². The van der Waals surface area contributed by atoms with Gasteiger partial charge in [-0.1, -0.05) is 29.8 Å². The Morgan fingerprint density at radius 3 is 2.55 bits per heavy atom. The Hall–Kier alpha value is -1.94. The number of carbonyl (C=O) groups is 1. The SMILES string of the molecule is Cc1ccc2c(c1)C(c1ccc(N(C)C)cc1)SCC(=O)N2. The van der Waals surface area contributed by atoms with Crippen LogP contribution in [0.25, 0.3) is 0 Å². The summed E-state index contributed by atoms with van der Waals surface area (Å²) in [7, 11) is 4.08. The van der Waals surface area contributed by atoms with Crippen molar-refractivity contribution in [3.8, 4) is 0 Å². The van der Waals surface area contributed by atoms with Crippen LogP contribution in [0.15, 0.2) is 42.5 Å². The van der Waals surface area contributed by atoms with Crippen molar-refractivity contribution < 1.29 is 4.79 Å². The van der Waals surface area contributed by atoms with Gasteiger partial charge in [-0.15, -0.1) is 11.8 Å². The molecule has 3 rings (SSSR count). The number of carbonyl (C=O) groups excluding carboxylic acids is 1. The molecule has 4 heteroatoms. The zero-order valence-corrected chi connectivity index (χ0v) is 13.9. The maximum Gasteiger partial charge on any atom is 0.234 e. The number of amides is 1. The van der Waals surface area contributed by atoms with Gasteiger partial charge in [0.2, 0.25) is 5.91 Å². The van der Waals surface area contributed by atoms with Crippen LogP contribution < -0.4 is 10.2 Å². The highest BCUT2D eigenvalue weighted by atomic mass is 32.2. The van der Waals surface area contributed by atoms with Gasteiger partial charge in [0.05, 0.1) is 11.0 Å². The third kappa shape index (κ3) is 2.97. The van der Waals surface area contributed by atoms with Crippen LogP contribution >= 0.6 is 11.8 Å². The third-order valence-electron chi connectivity index (χ3n) is 3.86. The molecule has 0 fully saturated rings. The van der Waals surface area contributed by atoms with E-state index in [0.717, 1.165) is 5.69 Å². The van der Waals surface area contributed by atoms with Crippen LogP contribution in [0.5, 0.6) is 0 Å². The van der Waals surface area contributed by atoms with Gasteiger partial charge < -0.3 is 10.2 Å². The highest BCUT2D eigenvalue weighted by Gasteiger charge is 2.24. The summed E-state index contributed by atoms with van der Waals surface area (Å²) in [4.78, 5) is 14.0. The average Bonchev–Trinajstić information content (AvgIpc) is 2.66. The summed E-state index contributed by atoms with van der Waals surface area (Å²) in [5.41, 5.74) is 5.75. The number of nitrogens with zero attached hydrogens (tertiary/aromatic N) is 1. The van der Waals surface area contributed by atoms with Gasteiger partial charge in [0, 0.05) is 25.5 Å². The Morgan fingerprint density at radius 2 is 1.86 bits per heavy atom. The normalized spacial score (nSPS) is 17.4. The highest BCUT2D eigenvalue weighted by molar-refractivity contribution is 8.00. The standard InChI is InChI=1S/C18H20N2OS/c1-12-4-9-16-15(10-12)18(22-11-17(21)19-16)13-5-7-14(8-6-13)20(2)3/h4-10,18H,11H2,1-3H3,(H,19,21). The molecule has 2 aromatic rings. The number of thioether (sulfide) groups is 1. The first-order valence-electron chi connectivity index (χ1n) is 7.34. The van der Waals surface area contributed by atoms with Gasteiger partial charge in [-0.25, -0.2) is 0 Å². The van der Waals surface area contributed by atoms with Crippen LogP contribution in [0.1, 0.15) is 21.9 Å². The molecular formula is C18H20N2OS. The van der Waals surface area contributed by atoms with Crippen LogP contribution in [0.2, 0.25) is 0 Å². The predicted octanol–water partition coefficient (Wildman–Crippen LogP) is 3.84. The molecule has 1 aliphatic heterocycles. The van der Waals surface area contributed by atoms with E-state index in [2.05, 4.69) is 47.5 Å². The van der Waals surface area contributed by atoms with E-state index in [1.54, 1.807) is 11.8 Å². The molecule has 0 saturated carbocycles. The zero-order valence-electron chi connectivity index (χ0n) is 13.1. The number of anilines is 2. The van der Waals surface area contributed by atoms with Gasteiger partial charge in [0.15, 0.2) is 0 Å². The molecule has 0 spiro atoms. The van der Waals surface area contributed by atoms with Crippen LogP contribution in [-0.2, 0) is 4.79 Å². The maximum atomic E-state index is 11.9. The van der Waals surface area contributed by atoms with E-state index in [1.165, 1.54) is 22.4 Å². The Balaban J connectivity index is 2.03. The van der Waals surface area contributed by atoms with E-state index in [-0.39, 0.29) is 11.2 Å². The molecule has 1 atom stereocenters. The summed E-state index contributed by atoms with van der Waals surface area (Å²) >= 11 is 1.69. The molecule has 3 nitrogen and oxygen atoms in total. The summed E-state index contributed by atoms with van der Waals surface area (Å²) in [5, 5.41) is 3.20. The van der Waals surface area contributed by atoms with Crippen molar-refractivity contribution in [2.45, 2.75) is 12.2 Å². The molecule has 2 aromatic carbocycles. The van der Waals surface area contributed by atoms with Crippen LogP contribution in [0.3, 0.4) is 0 Å². The monoisotopic (exact) mass is 312 g/mol. The molecule has 1 aliphatic rings. The minimum absolute atomic E-state index is 0.0718. The number of hydrogen-bond donors (Lipinski definition) is 1. The first-order chi connectivity index (χ1) is 10.5. The molecule has 0 saturated heterocycles. The smallest absolute Gasteiger partial charge is 0.234 e. The third-order valence-corrected chi connectivity index (χ3v) is 5.15. The largest absolute Gasteiger partial charge is 0.378 e. The number of hydrogen-bond acceptors (Lipinski definition) is 3. The first kappa shape index (κ1) is 15.0. The van der Waals surface area contributed by atoms with Gasteiger partial charge in [-0.3, -0.25) is 4.79 Å². The highest BCUT2D eigenvalue weighted by Crippen LogP contribution is 2.42. The fourth-order valence-electron chi connectivity index (χ4n) is 2.67. The molecule has 1 unspecified atom stereocenters. The molecule has 0 aromatic heterocycles. The summed E-state index contributed by atoms with van der Waals surface area (Å²) in [6, 6.07) is 14.8. The molecule has 1 heterocycles. The first-order valence-corrected chi connectivity index (χ1v) is 8.39. The van der Waals surface area contributed by atoms with Crippen molar-refractivity contribution in [2.24, 2.45) is 0 Å². The average molecular weight is 312 g/mol. The van der Waals surface area contributed by atoms with E-state index in [4.69, 9.17) is 0 Å². The Morgan fingerprint density at radius 1 is 1.14 bits per heavy atom. The summed E-state index contributed by atoms with van der Waals surface area (Å²) in [6.45, 7) is 2.09. The van der Waals surface area contributed by atoms with E-state index in [9.17, 15) is 4.79 Å². The van der Waals surface area contributed by atoms with Crippen LogP contribution in [0, 0.1) is 6.92 Å². The molecular weight excluding hydrogens is 292 g/mol. The van der Waals surface area contributed by atoms with Crippen LogP contribution in [0.4, 0.5) is 11.4 Å². The van der Waals surface area contributed by atoms with Gasteiger partial charge in [0.25, 0.3) is 0 Å². The number of nitrogens with one attached hydrogen (secondary N) is 1. The lowest BCUT2D eigenvalue weighted by Crippen LogP contribution is -2.12. The van der Waals surface area contributed by atoms with Crippen molar-refractivity contribution >= 4 is 29.0 Å². The minimum atomic E-state index is 0.0718. The van der Waals surface area contributed by atoms with E-state index in [0.29, 0.717) is 5.75 Å². The van der Waals surface area contributed by atoms with Crippen molar-refractivity contribution in [1.82, 2.24) is 0 Å². The second kappa shape index (κ2) is 6.05. The predicted molar refractivity (Wildman–Crippen MR) is 94.9 cm³/mol. The van der Waals surface area contributed by atoms with Crippen LogP contribution in [-0.4, -0.2) is 25.8 Å². The summed E-state index contributed by atoms with van der Waals surface area (Å²) in [5.74, 6) is 0.552. The topological polar surface area (TPSA) is 32.3 Å². The number of benzene rings is 2. The van der Waals surface area contributed by atoms with Crippen molar-refractivity contribution in [1.29, 1.82) is 0 Å². The van der Waals surface area contributed by atoms with E-state index >= 15 is 0 Å². The molecule has 114 valence electrons. The molecule has 22 heavy (non-hydrogen) atoms. The number of fused-ring (bicyclic) bond motifs is 1. The van der Waals surface area contributed by atoms with Crippen molar-refractivity contribution in [2.75, 3.05) is 30.1 Å². The van der Waals surface area contributed by atoms with Gasteiger partial charge in [-0.05, 0) is 36.2 Å². The Bertz CT molecular complexity index is 695. The number of aryl methyl sites for hydroxylation is 1. The molecule has 0 radical (unpaired) electrons. The summed E-state index contributed by atoms with van der Waals surface area (Å²) in [6.07, 6.45) is 0. The van der Waals surface area contributed by atoms with E-state index < -0.39 is 0 Å². The molecule has 1 amide bonds. The summed E-state index contributed by atoms with van der Waals surface area (Å²) < 4.78 is 0. The maximum absolute atomic E-state index is 11.9. The fourth-order valence-corrected chi connectivity index (χ4v) is 3.79. The van der Waals surface area contributed by atoms with Gasteiger partial charge >= 0.3 is 0 Å². The zero-order chi connectivity index (χ0) is 15.7. The fraction of sp³-hybridized carbons (Fsp3) is 0.278. The lowest BCUT2D eigenvalue weighted by Gasteiger charge is -2.19. The Kier molecular flexibility index (Phi) is 4.12. The van der Waals surface area contributed by atoms with E-state index in [1.807, 2.05) is 26.2 Å². The van der Waals surface area contributed by atoms with Crippen molar-refractivity contribution in [3.63, 3.8) is 0 Å². The lowest BCUT2D eigenvalue weighted by atomic mass is 10.00. The minimum Gasteiger partial charge on any atom is -0.378 e. The quantitative estimate of drug-likeness (QED) is 0.914. The molecule has 1 N–H and O–H groups in total. The lowest BCUT2D eigenvalue weighted by molar-refractivity contribution is -0.113. The molecule has 0 bridgehead atoms. The van der Waals surface area contributed by atoms with Gasteiger partial charge in [-0.2, -0.15) is 0 Å². The molecule has 0 aliphatic carbocycles. The number of rotatable bonds is 2. The second-order valence-electron chi connectivity index (χ2n) is 5.82. The van der Waals surface area contributed by atoms with Crippen molar-refractivity contribution in [3.05, 3.63) is 59.2 Å². The Labute approximate surface area is 135 Å². The second-order valence-corrected chi connectivity index (χ2v) is 6.91.